The lowest BCUT2D eigenvalue weighted by molar-refractivity contribution is -0.122. The summed E-state index contributed by atoms with van der Waals surface area (Å²) in [7, 11) is 0. The van der Waals surface area contributed by atoms with Gasteiger partial charge in [0.25, 0.3) is 11.8 Å². The van der Waals surface area contributed by atoms with Crippen LogP contribution in [-0.2, 0) is 9.59 Å². The van der Waals surface area contributed by atoms with Gasteiger partial charge in [0, 0.05) is 46.2 Å². The van der Waals surface area contributed by atoms with Gasteiger partial charge in [-0.3, -0.25) is 14.9 Å². The first-order chi connectivity index (χ1) is 16.4. The van der Waals surface area contributed by atoms with Crippen molar-refractivity contribution in [1.29, 1.82) is 0 Å². The van der Waals surface area contributed by atoms with Crippen molar-refractivity contribution in [3.63, 3.8) is 0 Å². The molecule has 2 amide bonds. The van der Waals surface area contributed by atoms with Gasteiger partial charge in [0.05, 0.1) is 23.0 Å². The van der Waals surface area contributed by atoms with Gasteiger partial charge >= 0.3 is 0 Å². The lowest BCUT2D eigenvalue weighted by Gasteiger charge is -2.34. The molecule has 4 heterocycles. The lowest BCUT2D eigenvalue weighted by atomic mass is 9.94. The maximum Gasteiger partial charge on any atom is 0.259 e. The molecule has 2 aliphatic rings. The van der Waals surface area contributed by atoms with E-state index >= 15 is 4.39 Å². The average molecular weight is 494 g/mol. The standard InChI is InChI=1S/C27H24FN3O3.ClH/c1-14-11-17(12-15(2)29-14)31-13-19(18-5-3-4-6-21(18)31)22-24(27(33)30-26(22)32)23-20(28)8-7-16-9-10-34-25(16)23;/h3-10,13-15,17,29H,11-12H2,1-2H3,(H,30,32,33);1H. The third-order valence-corrected chi connectivity index (χ3v) is 6.98. The number of hydrogen-bond donors (Lipinski definition) is 2. The number of para-hydroxylation sites is 1. The first kappa shape index (κ1) is 23.3. The molecule has 1 fully saturated rings. The number of carbonyl (C=O) groups is 2. The van der Waals surface area contributed by atoms with Crippen molar-refractivity contribution in [1.82, 2.24) is 15.2 Å². The van der Waals surface area contributed by atoms with E-state index in [9.17, 15) is 9.59 Å². The van der Waals surface area contributed by atoms with Crippen molar-refractivity contribution in [2.75, 3.05) is 0 Å². The van der Waals surface area contributed by atoms with Crippen LogP contribution in [0.5, 0.6) is 0 Å². The Labute approximate surface area is 207 Å². The molecule has 0 spiro atoms. The van der Waals surface area contributed by atoms with E-state index < -0.39 is 17.6 Å². The molecule has 6 rings (SSSR count). The predicted octanol–water partition coefficient (Wildman–Crippen LogP) is 5.22. The van der Waals surface area contributed by atoms with Crippen molar-refractivity contribution in [2.24, 2.45) is 0 Å². The van der Waals surface area contributed by atoms with Crippen molar-refractivity contribution >= 4 is 57.2 Å². The molecule has 6 nitrogen and oxygen atoms in total. The van der Waals surface area contributed by atoms with E-state index in [2.05, 4.69) is 29.0 Å². The fraction of sp³-hybridized carbons (Fsp3) is 0.259. The first-order valence-corrected chi connectivity index (χ1v) is 11.5. The van der Waals surface area contributed by atoms with Gasteiger partial charge in [-0.25, -0.2) is 4.39 Å². The highest BCUT2D eigenvalue weighted by molar-refractivity contribution is 6.50. The first-order valence-electron chi connectivity index (χ1n) is 11.5. The van der Waals surface area contributed by atoms with Gasteiger partial charge in [0.2, 0.25) is 0 Å². The highest BCUT2D eigenvalue weighted by atomic mass is 35.5. The van der Waals surface area contributed by atoms with E-state index in [0.717, 1.165) is 23.7 Å². The molecule has 35 heavy (non-hydrogen) atoms. The average Bonchev–Trinajstić information content (AvgIpc) is 3.49. The normalized spacial score (nSPS) is 22.7. The lowest BCUT2D eigenvalue weighted by Crippen LogP contribution is -2.42. The number of halogens is 2. The number of carbonyl (C=O) groups excluding carboxylic acids is 2. The zero-order valence-electron chi connectivity index (χ0n) is 19.3. The smallest absolute Gasteiger partial charge is 0.259 e. The van der Waals surface area contributed by atoms with Gasteiger partial charge in [0.15, 0.2) is 0 Å². The molecular weight excluding hydrogens is 469 g/mol. The SMILES string of the molecule is CC1CC(n2cc(C3=C(c4c(F)ccc5ccoc45)C(=O)NC3=O)c3ccccc32)CC(C)N1.Cl. The van der Waals surface area contributed by atoms with Crippen LogP contribution in [0.2, 0.25) is 0 Å². The van der Waals surface area contributed by atoms with E-state index in [0.29, 0.717) is 23.0 Å². The molecule has 1 saturated heterocycles. The molecule has 4 aromatic rings. The quantitative estimate of drug-likeness (QED) is 0.384. The summed E-state index contributed by atoms with van der Waals surface area (Å²) in [6, 6.07) is 13.4. The number of rotatable bonds is 3. The third-order valence-electron chi connectivity index (χ3n) is 6.98. The van der Waals surface area contributed by atoms with Gasteiger partial charge < -0.3 is 14.3 Å². The highest BCUT2D eigenvalue weighted by Crippen LogP contribution is 2.41. The maximum atomic E-state index is 15.1. The number of hydrogen-bond acceptors (Lipinski definition) is 4. The van der Waals surface area contributed by atoms with E-state index in [1.165, 1.54) is 12.3 Å². The Balaban J connectivity index is 0.00000253. The van der Waals surface area contributed by atoms with Crippen molar-refractivity contribution in [2.45, 2.75) is 44.8 Å². The molecule has 0 radical (unpaired) electrons. The van der Waals surface area contributed by atoms with E-state index in [4.69, 9.17) is 4.42 Å². The molecule has 0 saturated carbocycles. The molecule has 8 heteroatoms. The number of amides is 2. The summed E-state index contributed by atoms with van der Waals surface area (Å²) in [5, 5.41) is 7.47. The van der Waals surface area contributed by atoms with Crippen LogP contribution in [0.15, 0.2) is 59.3 Å². The molecule has 0 aliphatic carbocycles. The summed E-state index contributed by atoms with van der Waals surface area (Å²) >= 11 is 0. The summed E-state index contributed by atoms with van der Waals surface area (Å²) < 4.78 is 22.9. The van der Waals surface area contributed by atoms with Crippen LogP contribution in [0.1, 0.15) is 43.9 Å². The van der Waals surface area contributed by atoms with E-state index in [-0.39, 0.29) is 40.7 Å². The second kappa shape index (κ2) is 8.66. The fourth-order valence-corrected chi connectivity index (χ4v) is 5.66. The van der Waals surface area contributed by atoms with Crippen LogP contribution < -0.4 is 10.6 Å². The highest BCUT2D eigenvalue weighted by Gasteiger charge is 2.37. The van der Waals surface area contributed by atoms with Gasteiger partial charge in [-0.2, -0.15) is 0 Å². The number of fused-ring (bicyclic) bond motifs is 2. The number of benzene rings is 2. The zero-order valence-corrected chi connectivity index (χ0v) is 20.1. The molecule has 2 unspecified atom stereocenters. The summed E-state index contributed by atoms with van der Waals surface area (Å²) in [5.41, 5.74) is 2.06. The van der Waals surface area contributed by atoms with Gasteiger partial charge in [0.1, 0.15) is 11.4 Å². The van der Waals surface area contributed by atoms with Crippen molar-refractivity contribution < 1.29 is 18.4 Å². The number of nitrogens with one attached hydrogen (secondary N) is 2. The molecule has 2 N–H and O–H groups in total. The van der Waals surface area contributed by atoms with Crippen LogP contribution in [0.4, 0.5) is 4.39 Å². The zero-order chi connectivity index (χ0) is 23.6. The van der Waals surface area contributed by atoms with E-state index in [1.807, 2.05) is 30.5 Å². The van der Waals surface area contributed by atoms with Crippen molar-refractivity contribution in [3.8, 4) is 0 Å². The Morgan fingerprint density at radius 1 is 0.971 bits per heavy atom. The maximum absolute atomic E-state index is 15.1. The Morgan fingerprint density at radius 2 is 1.69 bits per heavy atom. The number of imide groups is 1. The summed E-state index contributed by atoms with van der Waals surface area (Å²) in [6.45, 7) is 4.34. The molecule has 2 aromatic carbocycles. The molecule has 2 atom stereocenters. The van der Waals surface area contributed by atoms with Crippen molar-refractivity contribution in [3.05, 3.63) is 71.9 Å². The van der Waals surface area contributed by atoms with Crippen LogP contribution in [-0.4, -0.2) is 28.5 Å². The number of piperidine rings is 1. The molecule has 180 valence electrons. The topological polar surface area (TPSA) is 76.3 Å². The minimum Gasteiger partial charge on any atom is -0.464 e. The fourth-order valence-electron chi connectivity index (χ4n) is 5.66. The largest absolute Gasteiger partial charge is 0.464 e. The Kier molecular flexibility index (Phi) is 5.77. The number of nitrogens with zero attached hydrogens (tertiary/aromatic N) is 1. The molecule has 2 aromatic heterocycles. The molecule has 0 bridgehead atoms. The van der Waals surface area contributed by atoms with Crippen LogP contribution in [0, 0.1) is 5.82 Å². The summed E-state index contributed by atoms with van der Waals surface area (Å²) in [6.07, 6.45) is 5.29. The Morgan fingerprint density at radius 3 is 2.46 bits per heavy atom. The van der Waals surface area contributed by atoms with E-state index in [1.54, 1.807) is 12.1 Å². The van der Waals surface area contributed by atoms with Crippen LogP contribution in [0.3, 0.4) is 0 Å². The minimum atomic E-state index is -0.622. The van der Waals surface area contributed by atoms with Gasteiger partial charge in [-0.1, -0.05) is 18.2 Å². The second-order valence-corrected chi connectivity index (χ2v) is 9.36. The third kappa shape index (κ3) is 3.66. The monoisotopic (exact) mass is 493 g/mol. The van der Waals surface area contributed by atoms with Gasteiger partial charge in [-0.05, 0) is 51.0 Å². The Bertz CT molecular complexity index is 1510. The molecular formula is C27H25ClFN3O3. The second-order valence-electron chi connectivity index (χ2n) is 9.36. The summed E-state index contributed by atoms with van der Waals surface area (Å²) in [5.74, 6) is -1.76. The van der Waals surface area contributed by atoms with Crippen LogP contribution in [0.25, 0.3) is 33.0 Å². The Hall–Kier alpha value is -3.42. The molecule has 2 aliphatic heterocycles. The number of aromatic nitrogens is 1. The van der Waals surface area contributed by atoms with Crippen LogP contribution >= 0.6 is 12.4 Å². The number of furan rings is 1. The predicted molar refractivity (Wildman–Crippen MR) is 136 cm³/mol. The van der Waals surface area contributed by atoms with Gasteiger partial charge in [-0.15, -0.1) is 12.4 Å². The minimum absolute atomic E-state index is 0. The summed E-state index contributed by atoms with van der Waals surface area (Å²) in [4.78, 5) is 26.1.